The molecule has 0 radical (unpaired) electrons. The third-order valence-corrected chi connectivity index (χ3v) is 3.25. The molecule has 0 aliphatic carbocycles. The Balaban J connectivity index is 2.84. The minimum absolute atomic E-state index is 0.261. The van der Waals surface area contributed by atoms with Crippen LogP contribution in [0.1, 0.15) is 10.4 Å². The van der Waals surface area contributed by atoms with Gasteiger partial charge in [0.2, 0.25) is 9.70 Å². The van der Waals surface area contributed by atoms with E-state index in [2.05, 4.69) is 10.6 Å². The quantitative estimate of drug-likeness (QED) is 0.625. The SMILES string of the molecule is O=C(CCl)NC(NC(=O)c1cccc(Cl)c1)C(Cl)(Cl)Cl. The highest BCUT2D eigenvalue weighted by molar-refractivity contribution is 6.68. The fourth-order valence-corrected chi connectivity index (χ4v) is 1.84. The number of carbonyl (C=O) groups excluding carboxylic acids is 2. The van der Waals surface area contributed by atoms with Gasteiger partial charge in [-0.3, -0.25) is 9.59 Å². The normalized spacial score (nSPS) is 12.7. The number of benzene rings is 1. The molecule has 0 saturated heterocycles. The van der Waals surface area contributed by atoms with E-state index in [9.17, 15) is 9.59 Å². The summed E-state index contributed by atoms with van der Waals surface area (Å²) in [6.45, 7) is 0. The smallest absolute Gasteiger partial charge is 0.253 e. The molecular weight excluding hydrogens is 369 g/mol. The molecule has 2 amide bonds. The van der Waals surface area contributed by atoms with Crippen LogP contribution in [0.5, 0.6) is 0 Å². The lowest BCUT2D eigenvalue weighted by molar-refractivity contribution is -0.119. The molecule has 1 unspecified atom stereocenters. The molecular formula is C11H9Cl5N2O2. The maximum Gasteiger partial charge on any atom is 0.253 e. The minimum Gasteiger partial charge on any atom is -0.331 e. The standard InChI is InChI=1S/C11H9Cl5N2O2/c12-5-8(19)17-10(11(14,15)16)18-9(20)6-2-1-3-7(13)4-6/h1-4,10H,5H2,(H,17,19)(H,18,20). The van der Waals surface area contributed by atoms with Gasteiger partial charge in [0.05, 0.1) is 0 Å². The average molecular weight is 378 g/mol. The van der Waals surface area contributed by atoms with E-state index in [-0.39, 0.29) is 11.4 Å². The number of halogens is 5. The Hall–Kier alpha value is -0.390. The van der Waals surface area contributed by atoms with Crippen molar-refractivity contribution < 1.29 is 9.59 Å². The van der Waals surface area contributed by atoms with Gasteiger partial charge in [-0.15, -0.1) is 11.6 Å². The third kappa shape index (κ3) is 5.54. The fraction of sp³-hybridized carbons (Fsp3) is 0.273. The summed E-state index contributed by atoms with van der Waals surface area (Å²) < 4.78 is -1.93. The summed E-state index contributed by atoms with van der Waals surface area (Å²) in [4.78, 5) is 23.2. The lowest BCUT2D eigenvalue weighted by Gasteiger charge is -2.26. The van der Waals surface area contributed by atoms with Crippen molar-refractivity contribution in [2.75, 3.05) is 5.88 Å². The van der Waals surface area contributed by atoms with E-state index in [0.29, 0.717) is 5.02 Å². The number of amides is 2. The number of alkyl halides is 4. The Morgan fingerprint density at radius 3 is 2.35 bits per heavy atom. The lowest BCUT2D eigenvalue weighted by Crippen LogP contribution is -2.55. The van der Waals surface area contributed by atoms with Crippen LogP contribution in [0.2, 0.25) is 5.02 Å². The molecule has 20 heavy (non-hydrogen) atoms. The van der Waals surface area contributed by atoms with E-state index in [1.807, 2.05) is 0 Å². The second kappa shape index (κ2) is 7.57. The highest BCUT2D eigenvalue weighted by Gasteiger charge is 2.35. The van der Waals surface area contributed by atoms with Crippen molar-refractivity contribution >= 4 is 69.8 Å². The van der Waals surface area contributed by atoms with Crippen LogP contribution in [-0.2, 0) is 4.79 Å². The van der Waals surface area contributed by atoms with Crippen LogP contribution in [-0.4, -0.2) is 27.7 Å². The van der Waals surface area contributed by atoms with E-state index in [4.69, 9.17) is 58.0 Å². The molecule has 0 spiro atoms. The Labute approximate surface area is 140 Å². The van der Waals surface area contributed by atoms with Crippen LogP contribution in [0, 0.1) is 0 Å². The topological polar surface area (TPSA) is 58.2 Å². The Kier molecular flexibility index (Phi) is 6.69. The molecule has 9 heteroatoms. The Morgan fingerprint density at radius 1 is 1.20 bits per heavy atom. The zero-order valence-corrected chi connectivity index (χ0v) is 13.6. The van der Waals surface area contributed by atoms with Gasteiger partial charge in [-0.2, -0.15) is 0 Å². The van der Waals surface area contributed by atoms with Crippen molar-refractivity contribution in [1.82, 2.24) is 10.6 Å². The van der Waals surface area contributed by atoms with Gasteiger partial charge in [-0.1, -0.05) is 52.5 Å². The summed E-state index contributed by atoms with van der Waals surface area (Å²) in [5.74, 6) is -1.47. The summed E-state index contributed by atoms with van der Waals surface area (Å²) in [7, 11) is 0. The fourth-order valence-electron chi connectivity index (χ4n) is 1.24. The molecule has 2 N–H and O–H groups in total. The predicted octanol–water partition coefficient (Wildman–Crippen LogP) is 3.12. The number of nitrogens with one attached hydrogen (secondary N) is 2. The second-order valence-electron chi connectivity index (χ2n) is 3.66. The van der Waals surface area contributed by atoms with E-state index < -0.39 is 21.8 Å². The maximum absolute atomic E-state index is 12.0. The third-order valence-electron chi connectivity index (χ3n) is 2.12. The van der Waals surface area contributed by atoms with Crippen LogP contribution in [0.4, 0.5) is 0 Å². The van der Waals surface area contributed by atoms with E-state index in [1.165, 1.54) is 12.1 Å². The number of rotatable bonds is 4. The first-order chi connectivity index (χ1) is 9.24. The van der Waals surface area contributed by atoms with Gasteiger partial charge in [-0.25, -0.2) is 0 Å². The highest BCUT2D eigenvalue weighted by Crippen LogP contribution is 2.29. The van der Waals surface area contributed by atoms with Crippen LogP contribution >= 0.6 is 58.0 Å². The van der Waals surface area contributed by atoms with Gasteiger partial charge in [0.25, 0.3) is 5.91 Å². The molecule has 0 heterocycles. The summed E-state index contributed by atoms with van der Waals surface area (Å²) in [6.07, 6.45) is -1.23. The summed E-state index contributed by atoms with van der Waals surface area (Å²) in [6, 6.07) is 6.18. The molecule has 0 saturated carbocycles. The molecule has 110 valence electrons. The van der Waals surface area contributed by atoms with Crippen molar-refractivity contribution in [3.63, 3.8) is 0 Å². The molecule has 1 aromatic carbocycles. The zero-order chi connectivity index (χ0) is 15.3. The van der Waals surface area contributed by atoms with Crippen LogP contribution in [0.25, 0.3) is 0 Å². The van der Waals surface area contributed by atoms with Crippen molar-refractivity contribution in [3.8, 4) is 0 Å². The number of hydrogen-bond donors (Lipinski definition) is 2. The largest absolute Gasteiger partial charge is 0.331 e. The van der Waals surface area contributed by atoms with Gasteiger partial charge in [-0.05, 0) is 18.2 Å². The molecule has 0 fully saturated rings. The van der Waals surface area contributed by atoms with E-state index >= 15 is 0 Å². The Bertz CT molecular complexity index is 504. The van der Waals surface area contributed by atoms with Gasteiger partial charge in [0.15, 0.2) is 0 Å². The van der Waals surface area contributed by atoms with E-state index in [1.54, 1.807) is 12.1 Å². The Morgan fingerprint density at radius 2 is 1.85 bits per heavy atom. The van der Waals surface area contributed by atoms with Crippen LogP contribution in [0.15, 0.2) is 24.3 Å². The molecule has 0 aromatic heterocycles. The maximum atomic E-state index is 12.0. The molecule has 0 aliphatic rings. The van der Waals surface area contributed by atoms with Gasteiger partial charge in [0.1, 0.15) is 12.0 Å². The average Bonchev–Trinajstić information content (AvgIpc) is 2.36. The highest BCUT2D eigenvalue weighted by atomic mass is 35.6. The molecule has 0 bridgehead atoms. The first-order valence-corrected chi connectivity index (χ1v) is 7.27. The lowest BCUT2D eigenvalue weighted by atomic mass is 10.2. The number of hydrogen-bond acceptors (Lipinski definition) is 2. The van der Waals surface area contributed by atoms with Crippen LogP contribution in [0.3, 0.4) is 0 Å². The van der Waals surface area contributed by atoms with Crippen molar-refractivity contribution in [2.45, 2.75) is 9.96 Å². The molecule has 1 aromatic rings. The molecule has 4 nitrogen and oxygen atoms in total. The minimum atomic E-state index is -1.93. The van der Waals surface area contributed by atoms with Crippen molar-refractivity contribution in [3.05, 3.63) is 34.9 Å². The van der Waals surface area contributed by atoms with Gasteiger partial charge < -0.3 is 10.6 Å². The molecule has 0 aliphatic heterocycles. The molecule has 1 rings (SSSR count). The first-order valence-electron chi connectivity index (χ1n) is 5.22. The first kappa shape index (κ1) is 17.7. The number of carbonyl (C=O) groups is 2. The van der Waals surface area contributed by atoms with Gasteiger partial charge >= 0.3 is 0 Å². The monoisotopic (exact) mass is 376 g/mol. The van der Waals surface area contributed by atoms with E-state index in [0.717, 1.165) is 0 Å². The molecule has 1 atom stereocenters. The van der Waals surface area contributed by atoms with Crippen molar-refractivity contribution in [1.29, 1.82) is 0 Å². The second-order valence-corrected chi connectivity index (χ2v) is 6.73. The predicted molar refractivity (Wildman–Crippen MR) is 81.9 cm³/mol. The van der Waals surface area contributed by atoms with Gasteiger partial charge in [0, 0.05) is 10.6 Å². The summed E-state index contributed by atoms with van der Waals surface area (Å²) in [5.41, 5.74) is 0.261. The summed E-state index contributed by atoms with van der Waals surface area (Å²) in [5, 5.41) is 5.05. The van der Waals surface area contributed by atoms with Crippen LogP contribution < -0.4 is 10.6 Å². The zero-order valence-electron chi connectivity index (χ0n) is 9.80. The van der Waals surface area contributed by atoms with Crippen molar-refractivity contribution in [2.24, 2.45) is 0 Å². The summed E-state index contributed by atoms with van der Waals surface area (Å²) >= 11 is 28.2.